The molecule has 262 valence electrons. The second kappa shape index (κ2) is 24.7. The minimum Gasteiger partial charge on any atom is -0.237 e. The van der Waals surface area contributed by atoms with Crippen molar-refractivity contribution in [1.82, 2.24) is 4.57 Å². The molecule has 0 spiro atoms. The van der Waals surface area contributed by atoms with Gasteiger partial charge in [-0.3, -0.25) is 0 Å². The van der Waals surface area contributed by atoms with Crippen LogP contribution in [-0.4, -0.2) is 4.57 Å². The number of nitrogens with zero attached hydrogens (tertiary/aromatic N) is 2. The summed E-state index contributed by atoms with van der Waals surface area (Å²) in [5.41, 5.74) is 2.90. The molecule has 3 aromatic rings. The van der Waals surface area contributed by atoms with E-state index in [2.05, 4.69) is 109 Å². The Hall–Kier alpha value is -2.35. The predicted octanol–water partition coefficient (Wildman–Crippen LogP) is 13.5. The fraction of sp³-hybridized carbons (Fsp3) is 0.667. The van der Waals surface area contributed by atoms with Gasteiger partial charge in [0.25, 0.3) is 0 Å². The maximum Gasteiger partial charge on any atom is 0.244 e. The highest BCUT2D eigenvalue weighted by molar-refractivity contribution is 5.30. The van der Waals surface area contributed by atoms with E-state index in [0.717, 1.165) is 13.0 Å². The summed E-state index contributed by atoms with van der Waals surface area (Å²) in [5.74, 6) is 0. The second-order valence-electron chi connectivity index (χ2n) is 14.9. The van der Waals surface area contributed by atoms with Gasteiger partial charge in [-0.15, -0.1) is 0 Å². The van der Waals surface area contributed by atoms with Gasteiger partial charge in [-0.1, -0.05) is 203 Å². The lowest BCUT2D eigenvalue weighted by Crippen LogP contribution is -2.38. The van der Waals surface area contributed by atoms with Crippen LogP contribution in [0.15, 0.2) is 79.4 Å². The van der Waals surface area contributed by atoms with Crippen molar-refractivity contribution < 1.29 is 4.57 Å². The first-order valence-electron chi connectivity index (χ1n) is 20.3. The molecular formula is C45H73N2+. The average molecular weight is 642 g/mol. The SMILES string of the molecule is CCCCCCCCCCCCCCC(n1cc[n+](CCCCCCCCCCCC)c1)C(C)(Cc1ccccc1)c1ccccc1. The van der Waals surface area contributed by atoms with Crippen LogP contribution in [0.4, 0.5) is 0 Å². The number of hydrogen-bond donors (Lipinski definition) is 0. The standard InChI is InChI=1S/C45H73N2/c1-4-6-8-10-12-14-16-17-18-20-22-30-36-44(45(3,43-34-28-25-29-35-43)40-42-32-26-24-27-33-42)47-39-38-46(41-47)37-31-23-21-19-15-13-11-9-7-5-2/h24-29,32-35,38-39,41,44H,4-23,30-31,36-37,40H2,1-3H3/q+1. The molecule has 0 aliphatic carbocycles. The summed E-state index contributed by atoms with van der Waals surface area (Å²) in [7, 11) is 0. The lowest BCUT2D eigenvalue weighted by atomic mass is 9.70. The molecule has 2 unspecified atom stereocenters. The first kappa shape index (κ1) is 39.1. The van der Waals surface area contributed by atoms with E-state index in [1.807, 2.05) is 0 Å². The van der Waals surface area contributed by atoms with Crippen molar-refractivity contribution in [2.24, 2.45) is 0 Å². The molecule has 0 aliphatic heterocycles. The minimum absolute atomic E-state index is 0.00830. The third-order valence-corrected chi connectivity index (χ3v) is 10.8. The van der Waals surface area contributed by atoms with Gasteiger partial charge in [0.1, 0.15) is 18.4 Å². The fourth-order valence-corrected chi connectivity index (χ4v) is 7.74. The Morgan fingerprint density at radius 3 is 1.51 bits per heavy atom. The maximum absolute atomic E-state index is 2.59. The van der Waals surface area contributed by atoms with Gasteiger partial charge in [0.05, 0.1) is 6.54 Å². The average Bonchev–Trinajstić information content (AvgIpc) is 3.56. The van der Waals surface area contributed by atoms with Crippen molar-refractivity contribution in [2.75, 3.05) is 0 Å². The van der Waals surface area contributed by atoms with E-state index in [0.29, 0.717) is 6.04 Å². The summed E-state index contributed by atoms with van der Waals surface area (Å²) in [6, 6.07) is 23.0. The highest BCUT2D eigenvalue weighted by Gasteiger charge is 2.40. The van der Waals surface area contributed by atoms with E-state index < -0.39 is 0 Å². The van der Waals surface area contributed by atoms with Crippen LogP contribution in [0.5, 0.6) is 0 Å². The molecule has 0 bridgehead atoms. The molecule has 2 nitrogen and oxygen atoms in total. The predicted molar refractivity (Wildman–Crippen MR) is 205 cm³/mol. The zero-order valence-electron chi connectivity index (χ0n) is 31.2. The summed E-state index contributed by atoms with van der Waals surface area (Å²) in [6.07, 6.45) is 40.2. The van der Waals surface area contributed by atoms with Gasteiger partial charge >= 0.3 is 0 Å². The summed E-state index contributed by atoms with van der Waals surface area (Å²) >= 11 is 0. The summed E-state index contributed by atoms with van der Waals surface area (Å²) in [5, 5.41) is 0. The van der Waals surface area contributed by atoms with Crippen LogP contribution in [0.25, 0.3) is 0 Å². The summed E-state index contributed by atoms with van der Waals surface area (Å²) in [4.78, 5) is 0. The quantitative estimate of drug-likeness (QED) is 0.0527. The van der Waals surface area contributed by atoms with Crippen molar-refractivity contribution >= 4 is 0 Å². The van der Waals surface area contributed by atoms with Gasteiger partial charge in [0, 0.05) is 5.41 Å². The number of aryl methyl sites for hydroxylation is 1. The van der Waals surface area contributed by atoms with Gasteiger partial charge in [-0.05, 0) is 43.2 Å². The Balaban J connectivity index is 1.58. The maximum atomic E-state index is 2.59. The Bertz CT molecular complexity index is 1120. The van der Waals surface area contributed by atoms with Crippen LogP contribution in [0.2, 0.25) is 0 Å². The highest BCUT2D eigenvalue weighted by atomic mass is 15.1. The minimum atomic E-state index is 0.00830. The smallest absolute Gasteiger partial charge is 0.237 e. The van der Waals surface area contributed by atoms with Crippen LogP contribution in [0.3, 0.4) is 0 Å². The second-order valence-corrected chi connectivity index (χ2v) is 14.9. The van der Waals surface area contributed by atoms with Crippen molar-refractivity contribution in [3.8, 4) is 0 Å². The van der Waals surface area contributed by atoms with Gasteiger partial charge in [-0.2, -0.15) is 0 Å². The zero-order chi connectivity index (χ0) is 33.3. The van der Waals surface area contributed by atoms with Gasteiger partial charge < -0.3 is 0 Å². The number of hydrogen-bond acceptors (Lipinski definition) is 0. The first-order valence-corrected chi connectivity index (χ1v) is 20.3. The van der Waals surface area contributed by atoms with Crippen LogP contribution < -0.4 is 4.57 Å². The molecule has 0 amide bonds. The lowest BCUT2D eigenvalue weighted by molar-refractivity contribution is -0.697. The van der Waals surface area contributed by atoms with Crippen molar-refractivity contribution in [2.45, 2.75) is 193 Å². The molecule has 1 heterocycles. The number of rotatable bonds is 29. The van der Waals surface area contributed by atoms with E-state index in [1.54, 1.807) is 0 Å². The van der Waals surface area contributed by atoms with E-state index >= 15 is 0 Å². The molecule has 3 rings (SSSR count). The molecule has 0 N–H and O–H groups in total. The Labute approximate surface area is 291 Å². The van der Waals surface area contributed by atoms with Crippen molar-refractivity contribution in [3.05, 3.63) is 90.5 Å². The van der Waals surface area contributed by atoms with Crippen LogP contribution in [0, 0.1) is 0 Å². The van der Waals surface area contributed by atoms with Gasteiger partial charge in [0.2, 0.25) is 6.33 Å². The molecule has 2 aromatic carbocycles. The molecule has 47 heavy (non-hydrogen) atoms. The molecule has 0 saturated carbocycles. The summed E-state index contributed by atoms with van der Waals surface area (Å²) in [6.45, 7) is 8.28. The largest absolute Gasteiger partial charge is 0.244 e. The lowest BCUT2D eigenvalue weighted by Gasteiger charge is -2.37. The van der Waals surface area contributed by atoms with Gasteiger partial charge in [-0.25, -0.2) is 9.13 Å². The molecule has 1 aromatic heterocycles. The monoisotopic (exact) mass is 642 g/mol. The number of unbranched alkanes of at least 4 members (excludes halogenated alkanes) is 20. The van der Waals surface area contributed by atoms with Crippen molar-refractivity contribution in [1.29, 1.82) is 0 Å². The Morgan fingerprint density at radius 2 is 1.00 bits per heavy atom. The zero-order valence-corrected chi connectivity index (χ0v) is 31.2. The van der Waals surface area contributed by atoms with Crippen molar-refractivity contribution in [3.63, 3.8) is 0 Å². The fourth-order valence-electron chi connectivity index (χ4n) is 7.74. The third-order valence-electron chi connectivity index (χ3n) is 10.8. The molecule has 0 radical (unpaired) electrons. The van der Waals surface area contributed by atoms with E-state index in [9.17, 15) is 0 Å². The topological polar surface area (TPSA) is 8.81 Å². The summed E-state index contributed by atoms with van der Waals surface area (Å²) < 4.78 is 5.05. The molecule has 0 aliphatic rings. The van der Waals surface area contributed by atoms with E-state index in [-0.39, 0.29) is 5.41 Å². The van der Waals surface area contributed by atoms with Gasteiger partial charge in [0.15, 0.2) is 0 Å². The van der Waals surface area contributed by atoms with Crippen LogP contribution in [-0.2, 0) is 18.4 Å². The highest BCUT2D eigenvalue weighted by Crippen LogP contribution is 2.41. The van der Waals surface area contributed by atoms with E-state index in [4.69, 9.17) is 0 Å². The molecule has 2 heteroatoms. The number of benzene rings is 2. The third kappa shape index (κ3) is 15.6. The Kier molecular flexibility index (Phi) is 20.6. The first-order chi connectivity index (χ1) is 23.2. The number of aromatic nitrogens is 2. The molecule has 0 saturated heterocycles. The molecular weight excluding hydrogens is 569 g/mol. The van der Waals surface area contributed by atoms with Crippen LogP contribution >= 0.6 is 0 Å². The molecule has 0 fully saturated rings. The molecule has 2 atom stereocenters. The van der Waals surface area contributed by atoms with E-state index in [1.165, 1.54) is 159 Å². The number of imidazole rings is 1. The Morgan fingerprint density at radius 1 is 0.553 bits per heavy atom. The van der Waals surface area contributed by atoms with Crippen LogP contribution in [0.1, 0.15) is 186 Å². The normalized spacial score (nSPS) is 13.5.